The van der Waals surface area contributed by atoms with E-state index in [1.54, 1.807) is 23.2 Å². The Morgan fingerprint density at radius 1 is 1.29 bits per heavy atom. The first kappa shape index (κ1) is 24.4. The summed E-state index contributed by atoms with van der Waals surface area (Å²) in [6.07, 6.45) is 8.53. The second-order valence-corrected chi connectivity index (χ2v) is 10.1. The van der Waals surface area contributed by atoms with E-state index in [0.29, 0.717) is 30.7 Å². The molecule has 0 spiro atoms. The van der Waals surface area contributed by atoms with Crippen LogP contribution in [0.5, 0.6) is 0 Å². The molecule has 4 heterocycles. The van der Waals surface area contributed by atoms with Crippen molar-refractivity contribution in [2.45, 2.75) is 64.2 Å². The van der Waals surface area contributed by atoms with E-state index in [1.807, 2.05) is 27.7 Å². The average Bonchev–Trinajstić information content (AvgIpc) is 3.17. The number of carbonyl (C=O) groups excluding carboxylic acids is 2. The quantitative estimate of drug-likeness (QED) is 0.456. The number of rotatable bonds is 9. The number of fused-ring (bicyclic) bond motifs is 1. The summed E-state index contributed by atoms with van der Waals surface area (Å²) in [5, 5.41) is 17.5. The molecule has 1 aliphatic heterocycles. The van der Waals surface area contributed by atoms with Crippen LogP contribution in [0.4, 0.5) is 0 Å². The normalized spacial score (nSPS) is 14.9. The fourth-order valence-electron chi connectivity index (χ4n) is 3.67. The molecule has 182 valence electrons. The van der Waals surface area contributed by atoms with Crippen molar-refractivity contribution in [2.24, 2.45) is 10.2 Å². The number of nitrogens with one attached hydrogen (secondary N) is 1. The largest absolute Gasteiger partial charge is 0.349 e. The van der Waals surface area contributed by atoms with E-state index in [4.69, 9.17) is 6.42 Å². The standard InChI is InChI=1S/C23H27N9O2S/c1-6-7-9-23(29-30-23)10-12-31(17(16-13-35-14-25-16)19(33)27-22(3,4)5)20(34)18-26-21-24-11-8-15(2)32(21)28-18/h1,8,11,13-14,17H,7,9-10,12H2,2-5H3,(H,27,33). The minimum Gasteiger partial charge on any atom is -0.349 e. The summed E-state index contributed by atoms with van der Waals surface area (Å²) in [5.41, 5.74) is 1.72. The second kappa shape index (κ2) is 9.50. The first-order chi connectivity index (χ1) is 16.6. The molecular formula is C23H27N9O2S. The lowest BCUT2D eigenvalue weighted by Crippen LogP contribution is -2.50. The molecule has 0 aromatic carbocycles. The maximum absolute atomic E-state index is 13.8. The Bertz CT molecular complexity index is 1290. The van der Waals surface area contributed by atoms with Crippen molar-refractivity contribution in [3.63, 3.8) is 0 Å². The molecular weight excluding hydrogens is 466 g/mol. The highest BCUT2D eigenvalue weighted by atomic mass is 32.1. The Balaban J connectivity index is 1.71. The van der Waals surface area contributed by atoms with Crippen molar-refractivity contribution in [3.8, 4) is 12.3 Å². The number of nitrogens with zero attached hydrogens (tertiary/aromatic N) is 8. The molecule has 4 rings (SSSR count). The molecule has 0 bridgehead atoms. The third-order valence-corrected chi connectivity index (χ3v) is 6.08. The first-order valence-corrected chi connectivity index (χ1v) is 12.1. The van der Waals surface area contributed by atoms with Gasteiger partial charge >= 0.3 is 0 Å². The van der Waals surface area contributed by atoms with Crippen LogP contribution in [0.25, 0.3) is 5.78 Å². The van der Waals surface area contributed by atoms with Gasteiger partial charge in [-0.25, -0.2) is 14.5 Å². The van der Waals surface area contributed by atoms with Gasteiger partial charge in [-0.1, -0.05) is 0 Å². The zero-order chi connectivity index (χ0) is 25.2. The Hall–Kier alpha value is -3.72. The molecule has 1 N–H and O–H groups in total. The third kappa shape index (κ3) is 5.51. The Labute approximate surface area is 207 Å². The SMILES string of the molecule is C#CCCC1(CCN(C(=O)c2nc3nccc(C)n3n2)C(C(=O)NC(C)(C)C)c2cscn2)N=N1. The fraction of sp³-hybridized carbons (Fsp3) is 0.478. The first-order valence-electron chi connectivity index (χ1n) is 11.2. The molecule has 0 fully saturated rings. The van der Waals surface area contributed by atoms with Gasteiger partial charge in [-0.3, -0.25) is 9.59 Å². The van der Waals surface area contributed by atoms with Crippen LogP contribution in [0, 0.1) is 19.3 Å². The van der Waals surface area contributed by atoms with E-state index in [-0.39, 0.29) is 18.3 Å². The molecule has 1 unspecified atom stereocenters. The van der Waals surface area contributed by atoms with E-state index in [1.165, 1.54) is 20.8 Å². The lowest BCUT2D eigenvalue weighted by atomic mass is 10.0. The summed E-state index contributed by atoms with van der Waals surface area (Å²) >= 11 is 1.35. The van der Waals surface area contributed by atoms with Crippen molar-refractivity contribution in [1.82, 2.24) is 34.8 Å². The predicted molar refractivity (Wildman–Crippen MR) is 130 cm³/mol. The minimum absolute atomic E-state index is 0.0575. The van der Waals surface area contributed by atoms with Gasteiger partial charge in [0.25, 0.3) is 11.7 Å². The summed E-state index contributed by atoms with van der Waals surface area (Å²) in [6, 6.07) is 0.783. The number of aromatic nitrogens is 5. The van der Waals surface area contributed by atoms with Gasteiger partial charge in [0.1, 0.15) is 0 Å². The van der Waals surface area contributed by atoms with Crippen molar-refractivity contribution in [1.29, 1.82) is 0 Å². The van der Waals surface area contributed by atoms with Crippen molar-refractivity contribution in [2.75, 3.05) is 6.54 Å². The van der Waals surface area contributed by atoms with Gasteiger partial charge in [0.05, 0.1) is 11.2 Å². The van der Waals surface area contributed by atoms with Crippen LogP contribution in [0.1, 0.15) is 68.1 Å². The molecule has 1 aliphatic rings. The number of thiazole rings is 1. The zero-order valence-corrected chi connectivity index (χ0v) is 20.9. The molecule has 12 heteroatoms. The van der Waals surface area contributed by atoms with E-state index < -0.39 is 23.2 Å². The summed E-state index contributed by atoms with van der Waals surface area (Å²) in [6.45, 7) is 7.66. The number of hydrogen-bond acceptors (Lipinski definition) is 9. The smallest absolute Gasteiger partial charge is 0.294 e. The lowest BCUT2D eigenvalue weighted by Gasteiger charge is -2.32. The molecule has 0 saturated heterocycles. The highest BCUT2D eigenvalue weighted by Gasteiger charge is 2.43. The number of amides is 2. The van der Waals surface area contributed by atoms with E-state index in [9.17, 15) is 9.59 Å². The highest BCUT2D eigenvalue weighted by molar-refractivity contribution is 7.07. The molecule has 1 atom stereocenters. The van der Waals surface area contributed by atoms with Crippen LogP contribution in [0.3, 0.4) is 0 Å². The molecule has 0 aliphatic carbocycles. The average molecular weight is 494 g/mol. The number of hydrogen-bond donors (Lipinski definition) is 1. The van der Waals surface area contributed by atoms with Gasteiger partial charge in [-0.15, -0.1) is 28.8 Å². The summed E-state index contributed by atoms with van der Waals surface area (Å²) < 4.78 is 1.50. The van der Waals surface area contributed by atoms with Crippen LogP contribution in [-0.2, 0) is 4.79 Å². The molecule has 0 radical (unpaired) electrons. The maximum atomic E-state index is 13.8. The topological polar surface area (TPSA) is 130 Å². The lowest BCUT2D eigenvalue weighted by molar-refractivity contribution is -0.127. The second-order valence-electron chi connectivity index (χ2n) is 9.42. The van der Waals surface area contributed by atoms with Crippen LogP contribution in [0.2, 0.25) is 0 Å². The van der Waals surface area contributed by atoms with Crippen LogP contribution in [0.15, 0.2) is 33.4 Å². The molecule has 3 aromatic heterocycles. The monoisotopic (exact) mass is 493 g/mol. The number of aryl methyl sites for hydroxylation is 1. The fourth-order valence-corrected chi connectivity index (χ4v) is 4.24. The van der Waals surface area contributed by atoms with Gasteiger partial charge in [-0.05, 0) is 33.8 Å². The van der Waals surface area contributed by atoms with Gasteiger partial charge < -0.3 is 10.2 Å². The van der Waals surface area contributed by atoms with Crippen molar-refractivity contribution < 1.29 is 9.59 Å². The Kier molecular flexibility index (Phi) is 6.62. The van der Waals surface area contributed by atoms with Crippen LogP contribution < -0.4 is 5.32 Å². The van der Waals surface area contributed by atoms with Gasteiger partial charge in [0, 0.05) is 48.6 Å². The van der Waals surface area contributed by atoms with Gasteiger partial charge in [-0.2, -0.15) is 15.2 Å². The van der Waals surface area contributed by atoms with E-state index >= 15 is 0 Å². The molecule has 35 heavy (non-hydrogen) atoms. The van der Waals surface area contributed by atoms with Crippen LogP contribution in [-0.4, -0.2) is 59.0 Å². The van der Waals surface area contributed by atoms with E-state index in [2.05, 4.69) is 41.5 Å². The summed E-state index contributed by atoms with van der Waals surface area (Å²) in [7, 11) is 0. The van der Waals surface area contributed by atoms with E-state index in [0.717, 1.165) is 5.69 Å². The zero-order valence-electron chi connectivity index (χ0n) is 20.1. The molecule has 2 amide bonds. The predicted octanol–water partition coefficient (Wildman–Crippen LogP) is 2.95. The van der Waals surface area contributed by atoms with Gasteiger partial charge in [0.2, 0.25) is 11.7 Å². The molecule has 3 aromatic rings. The summed E-state index contributed by atoms with van der Waals surface area (Å²) in [5.74, 6) is 1.99. The number of carbonyl (C=O) groups is 2. The maximum Gasteiger partial charge on any atom is 0.294 e. The third-order valence-electron chi connectivity index (χ3n) is 5.48. The molecule has 11 nitrogen and oxygen atoms in total. The van der Waals surface area contributed by atoms with Crippen LogP contribution >= 0.6 is 11.3 Å². The van der Waals surface area contributed by atoms with Crippen molar-refractivity contribution >= 4 is 28.9 Å². The highest BCUT2D eigenvalue weighted by Crippen LogP contribution is 2.37. The number of terminal acetylenes is 1. The van der Waals surface area contributed by atoms with Gasteiger partial charge in [0.15, 0.2) is 11.7 Å². The Morgan fingerprint density at radius 3 is 2.66 bits per heavy atom. The summed E-state index contributed by atoms with van der Waals surface area (Å²) in [4.78, 5) is 41.7. The Morgan fingerprint density at radius 2 is 2.06 bits per heavy atom. The minimum atomic E-state index is -0.989. The van der Waals surface area contributed by atoms with Crippen molar-refractivity contribution in [3.05, 3.63) is 40.4 Å². The molecule has 0 saturated carbocycles.